The van der Waals surface area contributed by atoms with Crippen LogP contribution in [0.5, 0.6) is 0 Å². The molecule has 0 saturated carbocycles. The Kier molecular flexibility index (Phi) is 7.21. The zero-order valence-corrected chi connectivity index (χ0v) is 29.4. The van der Waals surface area contributed by atoms with E-state index >= 15 is 0 Å². The molecule has 0 unspecified atom stereocenters. The van der Waals surface area contributed by atoms with Crippen molar-refractivity contribution in [2.75, 3.05) is 0 Å². The maximum atomic E-state index is 8.43. The summed E-state index contributed by atoms with van der Waals surface area (Å²) in [4.78, 5) is 9.21. The Morgan fingerprint density at radius 1 is 0.771 bits per heavy atom. The number of aryl methyl sites for hydroxylation is 4. The van der Waals surface area contributed by atoms with Crippen molar-refractivity contribution in [2.45, 2.75) is 47.3 Å². The maximum Gasteiger partial charge on any atom is 0.123 e. The second-order valence-corrected chi connectivity index (χ2v) is 11.8. The van der Waals surface area contributed by atoms with Crippen molar-refractivity contribution in [3.05, 3.63) is 149 Å². The van der Waals surface area contributed by atoms with Crippen LogP contribution in [-0.4, -0.2) is 14.5 Å². The average molecular weight is 811 g/mol. The molecule has 0 N–H and O–H groups in total. The van der Waals surface area contributed by atoms with Gasteiger partial charge in [0.25, 0.3) is 0 Å². The normalized spacial score (nSPS) is 14.0. The van der Waals surface area contributed by atoms with Gasteiger partial charge < -0.3 is 14.0 Å². The molecule has 0 amide bonds. The van der Waals surface area contributed by atoms with Crippen molar-refractivity contribution in [2.24, 2.45) is 0 Å². The molecule has 8 aromatic rings. The smallest absolute Gasteiger partial charge is 0.123 e. The van der Waals surface area contributed by atoms with Crippen molar-refractivity contribution in [1.82, 2.24) is 14.5 Å². The van der Waals surface area contributed by atoms with Gasteiger partial charge in [0.05, 0.1) is 22.4 Å². The molecule has 0 atom stereocenters. The molecule has 0 bridgehead atoms. The molecule has 0 spiro atoms. The van der Waals surface area contributed by atoms with Crippen molar-refractivity contribution < 1.29 is 34.1 Å². The quantitative estimate of drug-likeness (QED) is 0.166. The molecular weight excluding hydrogens is 767 g/mol. The van der Waals surface area contributed by atoms with Gasteiger partial charge in [-0.25, -0.2) is 0 Å². The summed E-state index contributed by atoms with van der Waals surface area (Å²) in [5, 5.41) is 1.38. The molecule has 8 rings (SSSR count). The van der Waals surface area contributed by atoms with Crippen LogP contribution in [0.4, 0.5) is 0 Å². The number of para-hydroxylation sites is 4. The summed E-state index contributed by atoms with van der Waals surface area (Å²) in [6, 6.07) is 39.1. The zero-order chi connectivity index (χ0) is 38.6. The van der Waals surface area contributed by atoms with E-state index in [1.54, 1.807) is 44.2 Å². The number of hydrogen-bond acceptors (Lipinski definition) is 3. The van der Waals surface area contributed by atoms with Crippen LogP contribution in [0.3, 0.4) is 0 Å². The van der Waals surface area contributed by atoms with E-state index in [-0.39, 0.29) is 36.8 Å². The number of aromatic nitrogens is 3. The molecule has 48 heavy (non-hydrogen) atoms. The molecule has 0 aliphatic carbocycles. The molecule has 0 aliphatic heterocycles. The molecule has 1 radical (unpaired) electrons. The average Bonchev–Trinajstić information content (AvgIpc) is 3.70. The van der Waals surface area contributed by atoms with Crippen LogP contribution in [0.25, 0.3) is 61.3 Å². The van der Waals surface area contributed by atoms with E-state index < -0.39 is 19.6 Å². The van der Waals surface area contributed by atoms with Gasteiger partial charge in [-0.05, 0) is 79.1 Å². The Labute approximate surface area is 305 Å². The van der Waals surface area contributed by atoms with Gasteiger partial charge in [0, 0.05) is 47.0 Å². The van der Waals surface area contributed by atoms with E-state index in [1.165, 1.54) is 29.1 Å². The first-order valence-corrected chi connectivity index (χ1v) is 15.4. The first-order chi connectivity index (χ1) is 25.5. The second-order valence-electron chi connectivity index (χ2n) is 11.8. The van der Waals surface area contributed by atoms with Crippen LogP contribution in [0.1, 0.15) is 57.2 Å². The fraction of sp³-hybridized carbons (Fsp3) is 0.163. The van der Waals surface area contributed by atoms with E-state index in [4.69, 9.17) is 19.0 Å². The molecular formula is C43H37IrN3O-2. The SMILES string of the molecule is Cc1cccc(C)c1-n1c(-c2[c-]cccc2)nc2ccccc21.[2H]C([2H])([2H])c1cnc(-c2[c-]ccc3c2oc2c(C([2H])([2H])[2H])cccc23)cc1C([2H])(C)C.[Ir]. The third kappa shape index (κ3) is 6.01. The molecule has 241 valence electrons. The minimum absolute atomic E-state index is 0. The molecule has 5 aromatic carbocycles. The van der Waals surface area contributed by atoms with E-state index in [9.17, 15) is 0 Å². The largest absolute Gasteiger partial charge is 0.500 e. The van der Waals surface area contributed by atoms with Crippen molar-refractivity contribution in [1.29, 1.82) is 0 Å². The van der Waals surface area contributed by atoms with Crippen molar-refractivity contribution in [3.8, 4) is 28.3 Å². The molecule has 3 heterocycles. The summed E-state index contributed by atoms with van der Waals surface area (Å²) in [6.07, 6.45) is 1.27. The molecule has 5 heteroatoms. The van der Waals surface area contributed by atoms with Crippen LogP contribution in [0, 0.1) is 39.7 Å². The van der Waals surface area contributed by atoms with Gasteiger partial charge in [-0.2, -0.15) is 0 Å². The minimum Gasteiger partial charge on any atom is -0.500 e. The van der Waals surface area contributed by atoms with Gasteiger partial charge in [0.2, 0.25) is 0 Å². The summed E-state index contributed by atoms with van der Waals surface area (Å²) >= 11 is 0. The fourth-order valence-electron chi connectivity index (χ4n) is 6.08. The van der Waals surface area contributed by atoms with Gasteiger partial charge in [-0.3, -0.25) is 4.98 Å². The van der Waals surface area contributed by atoms with Crippen LogP contribution in [0.15, 0.2) is 114 Å². The predicted molar refractivity (Wildman–Crippen MR) is 194 cm³/mol. The van der Waals surface area contributed by atoms with Gasteiger partial charge in [-0.15, -0.1) is 54.1 Å². The van der Waals surface area contributed by atoms with Gasteiger partial charge in [0.15, 0.2) is 0 Å². The minimum atomic E-state index is -2.40. The fourth-order valence-corrected chi connectivity index (χ4v) is 6.08. The van der Waals surface area contributed by atoms with Gasteiger partial charge in [0.1, 0.15) is 5.58 Å². The summed E-state index contributed by atoms with van der Waals surface area (Å²) in [5.74, 6) is -0.235. The zero-order valence-electron chi connectivity index (χ0n) is 34.0. The Morgan fingerprint density at radius 3 is 2.25 bits per heavy atom. The number of rotatable bonds is 4. The monoisotopic (exact) mass is 811 g/mol. The number of fused-ring (bicyclic) bond motifs is 4. The molecule has 0 aliphatic rings. The van der Waals surface area contributed by atoms with Gasteiger partial charge in [-0.1, -0.05) is 79.4 Å². The van der Waals surface area contributed by atoms with Crippen LogP contribution < -0.4 is 0 Å². The summed E-state index contributed by atoms with van der Waals surface area (Å²) in [5.41, 5.74) is 8.87. The summed E-state index contributed by atoms with van der Waals surface area (Å²) in [6.45, 7) is 2.80. The number of nitrogens with zero attached hydrogens (tertiary/aromatic N) is 3. The summed E-state index contributed by atoms with van der Waals surface area (Å²) in [7, 11) is 0. The maximum absolute atomic E-state index is 8.43. The second kappa shape index (κ2) is 13.7. The first-order valence-electron chi connectivity index (χ1n) is 18.9. The first kappa shape index (κ1) is 25.2. The van der Waals surface area contributed by atoms with E-state index in [0.717, 1.165) is 22.4 Å². The summed E-state index contributed by atoms with van der Waals surface area (Å²) < 4.78 is 63.5. The molecule has 4 nitrogen and oxygen atoms in total. The van der Waals surface area contributed by atoms with Crippen LogP contribution >= 0.6 is 0 Å². The molecule has 0 fully saturated rings. The van der Waals surface area contributed by atoms with Crippen LogP contribution in [0.2, 0.25) is 0 Å². The number of pyridine rings is 1. The third-order valence-corrected chi connectivity index (χ3v) is 8.33. The van der Waals surface area contributed by atoms with Crippen molar-refractivity contribution >= 4 is 33.0 Å². The number of hydrogen-bond donors (Lipinski definition) is 0. The van der Waals surface area contributed by atoms with Gasteiger partial charge >= 0.3 is 0 Å². The third-order valence-electron chi connectivity index (χ3n) is 8.33. The van der Waals surface area contributed by atoms with E-state index in [2.05, 4.69) is 78.0 Å². The van der Waals surface area contributed by atoms with Crippen molar-refractivity contribution in [3.63, 3.8) is 0 Å². The van der Waals surface area contributed by atoms with E-state index in [0.29, 0.717) is 33.2 Å². The Bertz CT molecular complexity index is 2630. The number of benzene rings is 5. The van der Waals surface area contributed by atoms with E-state index in [1.807, 2.05) is 24.3 Å². The standard InChI is InChI=1S/C22H20NO.C21H17N2.Ir/c1-13(2)19-11-20(23-12-15(19)4)18-10-6-9-17-16-8-5-7-14(3)21(16)24-22(17)18;1-15-9-8-10-16(2)20(15)23-19-14-7-6-13-18(19)22-21(23)17-11-4-3-5-12-17;/h5-9,11-13H,1-4H3;3-11,13-14H,1-2H3;/q2*-1;/i3D3,4D3,13D;;. The molecule has 3 aromatic heterocycles. The number of imidazole rings is 1. The Hall–Kier alpha value is -4.83. The number of furan rings is 1. The predicted octanol–water partition coefficient (Wildman–Crippen LogP) is 11.3. The Balaban J connectivity index is 0.000000191. The Morgan fingerprint density at radius 2 is 1.50 bits per heavy atom. The molecule has 0 saturated heterocycles. The van der Waals surface area contributed by atoms with Crippen LogP contribution in [-0.2, 0) is 20.1 Å². The topological polar surface area (TPSA) is 43.9 Å².